The van der Waals surface area contributed by atoms with E-state index in [0.717, 1.165) is 11.1 Å². The second-order valence-electron chi connectivity index (χ2n) is 4.16. The molecule has 2 heteroatoms. The highest BCUT2D eigenvalue weighted by Gasteiger charge is 2.30. The van der Waals surface area contributed by atoms with E-state index in [1.54, 1.807) is 6.08 Å². The molecule has 1 aromatic rings. The number of benzene rings is 1. The maximum atomic E-state index is 12.9. The highest BCUT2D eigenvalue weighted by Crippen LogP contribution is 2.36. The molecule has 0 saturated carbocycles. The summed E-state index contributed by atoms with van der Waals surface area (Å²) in [7, 11) is 0. The highest BCUT2D eigenvalue weighted by atomic mass is 19.3. The monoisotopic (exact) mass is 208 g/mol. The fraction of sp³-hybridized carbons (Fsp3) is 0.385. The second kappa shape index (κ2) is 3.76. The first kappa shape index (κ1) is 10.3. The Balaban J connectivity index is 2.19. The summed E-state index contributed by atoms with van der Waals surface area (Å²) < 4.78 is 25.8. The van der Waals surface area contributed by atoms with Crippen LogP contribution in [0.1, 0.15) is 30.4 Å². The summed E-state index contributed by atoms with van der Waals surface area (Å²) in [4.78, 5) is 0. The molecule has 0 fully saturated rings. The predicted octanol–water partition coefficient (Wildman–Crippen LogP) is 4.20. The van der Waals surface area contributed by atoms with Gasteiger partial charge in [-0.15, -0.1) is 0 Å². The van der Waals surface area contributed by atoms with Gasteiger partial charge in [-0.2, -0.15) is 0 Å². The lowest BCUT2D eigenvalue weighted by Crippen LogP contribution is -2.18. The van der Waals surface area contributed by atoms with Gasteiger partial charge in [-0.05, 0) is 24.5 Å². The van der Waals surface area contributed by atoms with Gasteiger partial charge in [0.25, 0.3) is 5.92 Å². The van der Waals surface area contributed by atoms with Crippen molar-refractivity contribution in [2.45, 2.75) is 32.1 Å². The lowest BCUT2D eigenvalue weighted by Gasteiger charge is -2.21. The van der Waals surface area contributed by atoms with Gasteiger partial charge in [0.2, 0.25) is 0 Å². The zero-order valence-corrected chi connectivity index (χ0v) is 8.76. The molecule has 0 N–H and O–H groups in total. The average molecular weight is 208 g/mol. The van der Waals surface area contributed by atoms with Gasteiger partial charge in [-0.25, -0.2) is 8.78 Å². The van der Waals surface area contributed by atoms with E-state index in [-0.39, 0.29) is 12.8 Å². The van der Waals surface area contributed by atoms with Crippen LogP contribution in [0.25, 0.3) is 5.57 Å². The molecule has 80 valence electrons. The Morgan fingerprint density at radius 3 is 2.33 bits per heavy atom. The molecule has 1 aliphatic rings. The Morgan fingerprint density at radius 2 is 1.80 bits per heavy atom. The van der Waals surface area contributed by atoms with Crippen LogP contribution >= 0.6 is 0 Å². The Morgan fingerprint density at radius 1 is 1.13 bits per heavy atom. The quantitative estimate of drug-likeness (QED) is 0.649. The highest BCUT2D eigenvalue weighted by molar-refractivity contribution is 5.66. The molecule has 0 heterocycles. The summed E-state index contributed by atoms with van der Waals surface area (Å²) in [6, 6.07) is 8.04. The molecule has 0 bridgehead atoms. The maximum Gasteiger partial charge on any atom is 0.251 e. The van der Waals surface area contributed by atoms with Gasteiger partial charge in [0.15, 0.2) is 0 Å². The first-order valence-corrected chi connectivity index (χ1v) is 5.21. The fourth-order valence-corrected chi connectivity index (χ4v) is 1.82. The summed E-state index contributed by atoms with van der Waals surface area (Å²) in [6.07, 6.45) is 2.02. The molecular formula is C13H14F2. The number of allylic oxidation sites excluding steroid dienone is 2. The van der Waals surface area contributed by atoms with Crippen LogP contribution in [-0.4, -0.2) is 5.92 Å². The topological polar surface area (TPSA) is 0 Å². The van der Waals surface area contributed by atoms with Gasteiger partial charge in [-0.3, -0.25) is 0 Å². The van der Waals surface area contributed by atoms with Crippen LogP contribution in [0.2, 0.25) is 0 Å². The van der Waals surface area contributed by atoms with Crippen LogP contribution in [0.5, 0.6) is 0 Å². The van der Waals surface area contributed by atoms with Crippen molar-refractivity contribution in [1.82, 2.24) is 0 Å². The molecule has 0 atom stereocenters. The number of halogens is 2. The van der Waals surface area contributed by atoms with Crippen LogP contribution in [0, 0.1) is 6.92 Å². The van der Waals surface area contributed by atoms with E-state index in [0.29, 0.717) is 6.42 Å². The average Bonchev–Trinajstić information content (AvgIpc) is 2.20. The van der Waals surface area contributed by atoms with Gasteiger partial charge in [0.05, 0.1) is 0 Å². The van der Waals surface area contributed by atoms with E-state index in [1.807, 2.05) is 31.2 Å². The minimum absolute atomic E-state index is 0.0211. The summed E-state index contributed by atoms with van der Waals surface area (Å²) in [5.41, 5.74) is 3.33. The molecule has 0 nitrogen and oxygen atoms in total. The summed E-state index contributed by atoms with van der Waals surface area (Å²) in [5, 5.41) is 0. The van der Waals surface area contributed by atoms with Gasteiger partial charge in [-0.1, -0.05) is 35.9 Å². The SMILES string of the molecule is Cc1ccc(C2=CCC(F)(F)CC2)cc1. The van der Waals surface area contributed by atoms with Crippen LogP contribution < -0.4 is 0 Å². The van der Waals surface area contributed by atoms with Crippen LogP contribution in [0.15, 0.2) is 30.3 Å². The Bertz CT molecular complexity index is 374. The third-order valence-electron chi connectivity index (χ3n) is 2.83. The Hall–Kier alpha value is -1.18. The van der Waals surface area contributed by atoms with Crippen molar-refractivity contribution in [2.24, 2.45) is 0 Å². The van der Waals surface area contributed by atoms with E-state index in [2.05, 4.69) is 0 Å². The van der Waals surface area contributed by atoms with E-state index < -0.39 is 5.92 Å². The molecule has 0 aliphatic heterocycles. The van der Waals surface area contributed by atoms with E-state index in [9.17, 15) is 8.78 Å². The first-order chi connectivity index (χ1) is 7.07. The standard InChI is InChI=1S/C13H14F2/c1-10-2-4-11(5-3-10)12-6-8-13(14,15)9-7-12/h2-6H,7-9H2,1H3. The predicted molar refractivity (Wildman–Crippen MR) is 58.0 cm³/mol. The van der Waals surface area contributed by atoms with Crippen LogP contribution in [0.4, 0.5) is 8.78 Å². The molecule has 15 heavy (non-hydrogen) atoms. The summed E-state index contributed by atoms with van der Waals surface area (Å²) in [5.74, 6) is -2.49. The third kappa shape index (κ3) is 2.44. The van der Waals surface area contributed by atoms with Crippen molar-refractivity contribution in [2.75, 3.05) is 0 Å². The molecule has 1 aromatic carbocycles. The zero-order chi connectivity index (χ0) is 10.9. The van der Waals surface area contributed by atoms with Crippen molar-refractivity contribution in [3.8, 4) is 0 Å². The van der Waals surface area contributed by atoms with Crippen LogP contribution in [-0.2, 0) is 0 Å². The van der Waals surface area contributed by atoms with Crippen molar-refractivity contribution in [3.05, 3.63) is 41.5 Å². The number of aryl methyl sites for hydroxylation is 1. The minimum atomic E-state index is -2.49. The molecule has 1 aliphatic carbocycles. The number of rotatable bonds is 1. The third-order valence-corrected chi connectivity index (χ3v) is 2.83. The van der Waals surface area contributed by atoms with Gasteiger partial charge < -0.3 is 0 Å². The van der Waals surface area contributed by atoms with Crippen molar-refractivity contribution >= 4 is 5.57 Å². The Labute approximate surface area is 88.6 Å². The van der Waals surface area contributed by atoms with Crippen molar-refractivity contribution in [1.29, 1.82) is 0 Å². The maximum absolute atomic E-state index is 12.9. The Kier molecular flexibility index (Phi) is 2.59. The lowest BCUT2D eigenvalue weighted by molar-refractivity contribution is -0.00602. The molecule has 0 amide bonds. The smallest absolute Gasteiger partial charge is 0.207 e. The molecule has 0 spiro atoms. The molecule has 0 aromatic heterocycles. The lowest BCUT2D eigenvalue weighted by atomic mass is 9.91. The summed E-state index contributed by atoms with van der Waals surface area (Å²) in [6.45, 7) is 2.02. The molecule has 2 rings (SSSR count). The number of hydrogen-bond acceptors (Lipinski definition) is 0. The fourth-order valence-electron chi connectivity index (χ4n) is 1.82. The van der Waals surface area contributed by atoms with Crippen molar-refractivity contribution in [3.63, 3.8) is 0 Å². The number of alkyl halides is 2. The minimum Gasteiger partial charge on any atom is -0.207 e. The van der Waals surface area contributed by atoms with E-state index >= 15 is 0 Å². The van der Waals surface area contributed by atoms with Crippen molar-refractivity contribution < 1.29 is 8.78 Å². The molecular weight excluding hydrogens is 194 g/mol. The van der Waals surface area contributed by atoms with Gasteiger partial charge >= 0.3 is 0 Å². The second-order valence-corrected chi connectivity index (χ2v) is 4.16. The largest absolute Gasteiger partial charge is 0.251 e. The van der Waals surface area contributed by atoms with E-state index in [1.165, 1.54) is 5.56 Å². The first-order valence-electron chi connectivity index (χ1n) is 5.21. The number of hydrogen-bond donors (Lipinski definition) is 0. The molecule has 0 unspecified atom stereocenters. The van der Waals surface area contributed by atoms with Gasteiger partial charge in [0.1, 0.15) is 0 Å². The normalized spacial score (nSPS) is 19.8. The zero-order valence-electron chi connectivity index (χ0n) is 8.76. The molecule has 0 radical (unpaired) electrons. The van der Waals surface area contributed by atoms with Gasteiger partial charge in [0, 0.05) is 12.8 Å². The van der Waals surface area contributed by atoms with E-state index in [4.69, 9.17) is 0 Å². The van der Waals surface area contributed by atoms with Crippen LogP contribution in [0.3, 0.4) is 0 Å². The molecule has 0 saturated heterocycles. The summed E-state index contributed by atoms with van der Waals surface area (Å²) >= 11 is 0.